The fourth-order valence-electron chi connectivity index (χ4n) is 2.29. The zero-order valence-corrected chi connectivity index (χ0v) is 6.52. The predicted octanol–water partition coefficient (Wildman–Crippen LogP) is 0.775. The lowest BCUT2D eigenvalue weighted by atomic mass is 9.65. The minimum absolute atomic E-state index is 0.550. The molecule has 0 radical (unpaired) electrons. The fraction of sp³-hybridized carbons (Fsp3) is 1.00. The number of rotatable bonds is 1. The summed E-state index contributed by atoms with van der Waals surface area (Å²) >= 11 is 0. The molecule has 2 heteroatoms. The summed E-state index contributed by atoms with van der Waals surface area (Å²) in [5.41, 5.74) is 0.550. The molecule has 2 aliphatic rings. The molecule has 0 aromatic heterocycles. The highest BCUT2D eigenvalue weighted by Gasteiger charge is 2.48. The van der Waals surface area contributed by atoms with E-state index in [-0.39, 0.29) is 0 Å². The Morgan fingerprint density at radius 3 is 2.80 bits per heavy atom. The zero-order valence-electron chi connectivity index (χ0n) is 6.52. The van der Waals surface area contributed by atoms with E-state index in [0.717, 1.165) is 0 Å². The molecular weight excluding hydrogens is 126 g/mol. The molecule has 2 rings (SSSR count). The van der Waals surface area contributed by atoms with E-state index in [1.807, 2.05) is 7.11 Å². The molecule has 0 amide bonds. The Labute approximate surface area is 61.9 Å². The van der Waals surface area contributed by atoms with Crippen LogP contribution < -0.4 is 5.32 Å². The standard InChI is InChI=1S/C8H15NO/c1-10-7-2-3-8(7)4-5-9-6-8/h7,9H,2-6H2,1H3. The number of hydrogen-bond acceptors (Lipinski definition) is 2. The van der Waals surface area contributed by atoms with Crippen LogP contribution in [0.3, 0.4) is 0 Å². The van der Waals surface area contributed by atoms with Crippen molar-refractivity contribution in [2.45, 2.75) is 25.4 Å². The van der Waals surface area contributed by atoms with Crippen LogP contribution in [0.15, 0.2) is 0 Å². The van der Waals surface area contributed by atoms with Crippen molar-refractivity contribution in [3.05, 3.63) is 0 Å². The van der Waals surface area contributed by atoms with Gasteiger partial charge in [0.25, 0.3) is 0 Å². The molecule has 1 saturated heterocycles. The number of ether oxygens (including phenoxy) is 1. The number of methoxy groups -OCH3 is 1. The minimum Gasteiger partial charge on any atom is -0.381 e. The van der Waals surface area contributed by atoms with Gasteiger partial charge in [0.15, 0.2) is 0 Å². The van der Waals surface area contributed by atoms with Gasteiger partial charge in [0, 0.05) is 19.1 Å². The summed E-state index contributed by atoms with van der Waals surface area (Å²) in [5.74, 6) is 0. The van der Waals surface area contributed by atoms with E-state index in [9.17, 15) is 0 Å². The van der Waals surface area contributed by atoms with E-state index in [0.29, 0.717) is 11.5 Å². The monoisotopic (exact) mass is 141 g/mol. The Balaban J connectivity index is 2.01. The van der Waals surface area contributed by atoms with Crippen LogP contribution >= 0.6 is 0 Å². The van der Waals surface area contributed by atoms with E-state index in [2.05, 4.69) is 5.32 Å². The third kappa shape index (κ3) is 0.722. The molecule has 2 atom stereocenters. The molecule has 1 saturated carbocycles. The molecule has 1 N–H and O–H groups in total. The molecule has 1 aliphatic carbocycles. The normalized spacial score (nSPS) is 45.9. The second-order valence-electron chi connectivity index (χ2n) is 3.55. The van der Waals surface area contributed by atoms with Gasteiger partial charge in [-0.2, -0.15) is 0 Å². The second kappa shape index (κ2) is 2.21. The molecular formula is C8H15NO. The Morgan fingerprint density at radius 2 is 2.40 bits per heavy atom. The van der Waals surface area contributed by atoms with Gasteiger partial charge >= 0.3 is 0 Å². The van der Waals surface area contributed by atoms with Crippen molar-refractivity contribution in [1.29, 1.82) is 0 Å². The third-order valence-electron chi connectivity index (χ3n) is 3.15. The van der Waals surface area contributed by atoms with Gasteiger partial charge in [-0.25, -0.2) is 0 Å². The first-order valence-corrected chi connectivity index (χ1v) is 4.11. The molecule has 2 unspecified atom stereocenters. The van der Waals surface area contributed by atoms with Crippen LogP contribution in [-0.2, 0) is 4.74 Å². The molecule has 0 aromatic rings. The summed E-state index contributed by atoms with van der Waals surface area (Å²) in [7, 11) is 1.84. The van der Waals surface area contributed by atoms with E-state index in [1.54, 1.807) is 0 Å². The van der Waals surface area contributed by atoms with Crippen molar-refractivity contribution < 1.29 is 4.74 Å². The molecule has 2 fully saturated rings. The molecule has 0 aromatic carbocycles. The molecule has 0 bridgehead atoms. The summed E-state index contributed by atoms with van der Waals surface area (Å²) in [6.45, 7) is 2.38. The van der Waals surface area contributed by atoms with Gasteiger partial charge in [-0.1, -0.05) is 0 Å². The average Bonchev–Trinajstić information content (AvgIpc) is 2.35. The SMILES string of the molecule is COC1CCC12CCNC2. The lowest BCUT2D eigenvalue weighted by molar-refractivity contribution is -0.0788. The van der Waals surface area contributed by atoms with Gasteiger partial charge in [-0.15, -0.1) is 0 Å². The minimum atomic E-state index is 0.550. The first-order chi connectivity index (χ1) is 4.87. The predicted molar refractivity (Wildman–Crippen MR) is 40.0 cm³/mol. The van der Waals surface area contributed by atoms with Crippen molar-refractivity contribution >= 4 is 0 Å². The van der Waals surface area contributed by atoms with E-state index >= 15 is 0 Å². The largest absolute Gasteiger partial charge is 0.381 e. The smallest absolute Gasteiger partial charge is 0.0640 e. The van der Waals surface area contributed by atoms with Gasteiger partial charge in [-0.3, -0.25) is 0 Å². The van der Waals surface area contributed by atoms with Crippen LogP contribution in [0, 0.1) is 5.41 Å². The van der Waals surface area contributed by atoms with Gasteiger partial charge in [0.2, 0.25) is 0 Å². The lowest BCUT2D eigenvalue weighted by Gasteiger charge is -2.45. The topological polar surface area (TPSA) is 21.3 Å². The zero-order chi connectivity index (χ0) is 7.03. The first-order valence-electron chi connectivity index (χ1n) is 4.11. The molecule has 58 valence electrons. The van der Waals surface area contributed by atoms with Crippen molar-refractivity contribution in [1.82, 2.24) is 5.32 Å². The molecule has 1 spiro atoms. The van der Waals surface area contributed by atoms with Gasteiger partial charge in [0.05, 0.1) is 6.10 Å². The van der Waals surface area contributed by atoms with Crippen LogP contribution in [0.5, 0.6) is 0 Å². The Kier molecular flexibility index (Phi) is 1.46. The van der Waals surface area contributed by atoms with Crippen molar-refractivity contribution in [2.24, 2.45) is 5.41 Å². The molecule has 1 aliphatic heterocycles. The van der Waals surface area contributed by atoms with Crippen LogP contribution in [0.2, 0.25) is 0 Å². The van der Waals surface area contributed by atoms with Crippen molar-refractivity contribution in [3.8, 4) is 0 Å². The van der Waals surface area contributed by atoms with Crippen LogP contribution in [0.25, 0.3) is 0 Å². The van der Waals surface area contributed by atoms with E-state index in [1.165, 1.54) is 32.4 Å². The van der Waals surface area contributed by atoms with Gasteiger partial charge in [0.1, 0.15) is 0 Å². The van der Waals surface area contributed by atoms with Crippen LogP contribution in [0.4, 0.5) is 0 Å². The highest BCUT2D eigenvalue weighted by molar-refractivity contribution is 5.01. The van der Waals surface area contributed by atoms with Crippen molar-refractivity contribution in [2.75, 3.05) is 20.2 Å². The summed E-state index contributed by atoms with van der Waals surface area (Å²) < 4.78 is 5.38. The summed E-state index contributed by atoms with van der Waals surface area (Å²) in [6.07, 6.45) is 4.53. The summed E-state index contributed by atoms with van der Waals surface area (Å²) in [5, 5.41) is 3.40. The lowest BCUT2D eigenvalue weighted by Crippen LogP contribution is -2.47. The highest BCUT2D eigenvalue weighted by Crippen LogP contribution is 2.47. The van der Waals surface area contributed by atoms with Crippen LogP contribution in [0.1, 0.15) is 19.3 Å². The average molecular weight is 141 g/mol. The fourth-order valence-corrected chi connectivity index (χ4v) is 2.29. The number of hydrogen-bond donors (Lipinski definition) is 1. The summed E-state index contributed by atoms with van der Waals surface area (Å²) in [6, 6.07) is 0. The Morgan fingerprint density at radius 1 is 1.50 bits per heavy atom. The highest BCUT2D eigenvalue weighted by atomic mass is 16.5. The van der Waals surface area contributed by atoms with Gasteiger partial charge in [-0.05, 0) is 25.8 Å². The van der Waals surface area contributed by atoms with E-state index in [4.69, 9.17) is 4.74 Å². The maximum absolute atomic E-state index is 5.38. The van der Waals surface area contributed by atoms with Gasteiger partial charge < -0.3 is 10.1 Å². The molecule has 2 nitrogen and oxygen atoms in total. The quantitative estimate of drug-likeness (QED) is 0.582. The maximum Gasteiger partial charge on any atom is 0.0640 e. The van der Waals surface area contributed by atoms with E-state index < -0.39 is 0 Å². The maximum atomic E-state index is 5.38. The van der Waals surface area contributed by atoms with Crippen molar-refractivity contribution in [3.63, 3.8) is 0 Å². The number of nitrogens with one attached hydrogen (secondary N) is 1. The molecule has 10 heavy (non-hydrogen) atoms. The van der Waals surface area contributed by atoms with Crippen LogP contribution in [-0.4, -0.2) is 26.3 Å². The summed E-state index contributed by atoms with van der Waals surface area (Å²) in [4.78, 5) is 0. The second-order valence-corrected chi connectivity index (χ2v) is 3.55. The third-order valence-corrected chi connectivity index (χ3v) is 3.15. The first kappa shape index (κ1) is 6.62. The Hall–Kier alpha value is -0.0800. The molecule has 1 heterocycles. The Bertz CT molecular complexity index is 127.